The van der Waals surface area contributed by atoms with Crippen molar-refractivity contribution in [2.24, 2.45) is 0 Å². The van der Waals surface area contributed by atoms with Crippen LogP contribution >= 0.6 is 0 Å². The molecule has 4 aromatic rings. The van der Waals surface area contributed by atoms with Gasteiger partial charge in [0.05, 0.1) is 12.5 Å². The van der Waals surface area contributed by atoms with E-state index < -0.39 is 6.10 Å². The lowest BCUT2D eigenvalue weighted by Crippen LogP contribution is -2.34. The van der Waals surface area contributed by atoms with E-state index in [-0.39, 0.29) is 22.8 Å². The first-order valence-electron chi connectivity index (χ1n) is 10.7. The number of carbonyl (C=O) groups excluding carboxylic acids is 1. The number of nitrogens with one attached hydrogen (secondary N) is 1. The van der Waals surface area contributed by atoms with Gasteiger partial charge in [0.25, 0.3) is 5.91 Å². The molecule has 33 heavy (non-hydrogen) atoms. The maximum Gasteiger partial charge on any atom is 0.265 e. The third-order valence-corrected chi connectivity index (χ3v) is 5.32. The molecule has 0 aliphatic rings. The van der Waals surface area contributed by atoms with Crippen LogP contribution in [0.5, 0.6) is 11.5 Å². The number of hydrogen-bond acceptors (Lipinski definition) is 5. The molecule has 3 aromatic carbocycles. The van der Waals surface area contributed by atoms with Crippen molar-refractivity contribution in [1.82, 2.24) is 0 Å². The van der Waals surface area contributed by atoms with E-state index in [0.717, 1.165) is 5.56 Å². The van der Waals surface area contributed by atoms with E-state index in [1.54, 1.807) is 55.6 Å². The number of anilines is 1. The van der Waals surface area contributed by atoms with Gasteiger partial charge in [-0.1, -0.05) is 31.2 Å². The molecule has 0 saturated heterocycles. The summed E-state index contributed by atoms with van der Waals surface area (Å²) in [6.45, 7) is 3.78. The highest BCUT2D eigenvalue weighted by molar-refractivity contribution is 5.94. The number of ether oxygens (including phenoxy) is 2. The van der Waals surface area contributed by atoms with E-state index in [1.165, 1.54) is 0 Å². The summed E-state index contributed by atoms with van der Waals surface area (Å²) in [5.74, 6) is 0.609. The fourth-order valence-corrected chi connectivity index (χ4v) is 3.57. The summed E-state index contributed by atoms with van der Waals surface area (Å²) in [5.41, 5.74) is 2.45. The molecule has 4 rings (SSSR count). The lowest BCUT2D eigenvalue weighted by Gasteiger charge is -2.19. The Morgan fingerprint density at radius 2 is 1.79 bits per heavy atom. The van der Waals surface area contributed by atoms with Crippen molar-refractivity contribution >= 4 is 22.6 Å². The van der Waals surface area contributed by atoms with Gasteiger partial charge in [-0.15, -0.1) is 0 Å². The van der Waals surface area contributed by atoms with E-state index in [2.05, 4.69) is 5.32 Å². The molecule has 0 bridgehead atoms. The van der Waals surface area contributed by atoms with Crippen molar-refractivity contribution in [3.63, 3.8) is 0 Å². The normalized spacial score (nSPS) is 11.7. The van der Waals surface area contributed by atoms with Gasteiger partial charge in [0.15, 0.2) is 11.9 Å². The minimum absolute atomic E-state index is 0.00473. The lowest BCUT2D eigenvalue weighted by atomic mass is 10.1. The van der Waals surface area contributed by atoms with Crippen molar-refractivity contribution in [2.45, 2.75) is 26.4 Å². The first kappa shape index (κ1) is 22.1. The maximum absolute atomic E-state index is 13.4. The fraction of sp³-hybridized carbons (Fsp3) is 0.185. The Bertz CT molecular complexity index is 1340. The second kappa shape index (κ2) is 9.61. The van der Waals surface area contributed by atoms with Crippen molar-refractivity contribution in [3.05, 3.63) is 88.6 Å². The standard InChI is InChI=1S/C27H25NO5/c1-4-22(27(30)28-19-9-7-8-17(2)16-19)32-26-24(29)21-10-5-6-11-23(21)33-25(26)18-12-14-20(31-3)15-13-18/h5-16,22H,4H2,1-3H3,(H,28,30). The molecule has 0 saturated carbocycles. The second-order valence-electron chi connectivity index (χ2n) is 7.69. The summed E-state index contributed by atoms with van der Waals surface area (Å²) < 4.78 is 17.4. The molecule has 0 aliphatic carbocycles. The number of carbonyl (C=O) groups is 1. The van der Waals surface area contributed by atoms with Crippen molar-refractivity contribution in [2.75, 3.05) is 12.4 Å². The average molecular weight is 443 g/mol. The first-order valence-corrected chi connectivity index (χ1v) is 10.7. The highest BCUT2D eigenvalue weighted by atomic mass is 16.5. The quantitative estimate of drug-likeness (QED) is 0.404. The van der Waals surface area contributed by atoms with E-state index in [0.29, 0.717) is 34.4 Å². The smallest absolute Gasteiger partial charge is 0.265 e. The van der Waals surface area contributed by atoms with Crippen molar-refractivity contribution in [1.29, 1.82) is 0 Å². The van der Waals surface area contributed by atoms with E-state index in [1.807, 2.05) is 38.1 Å². The number of methoxy groups -OCH3 is 1. The van der Waals surface area contributed by atoms with Crippen LogP contribution in [0.25, 0.3) is 22.3 Å². The highest BCUT2D eigenvalue weighted by Crippen LogP contribution is 2.32. The minimum atomic E-state index is -0.883. The van der Waals surface area contributed by atoms with Gasteiger partial charge in [0.2, 0.25) is 11.2 Å². The lowest BCUT2D eigenvalue weighted by molar-refractivity contribution is -0.122. The van der Waals surface area contributed by atoms with Gasteiger partial charge in [0.1, 0.15) is 11.3 Å². The maximum atomic E-state index is 13.4. The number of amides is 1. The molecule has 0 fully saturated rings. The minimum Gasteiger partial charge on any atom is -0.497 e. The Morgan fingerprint density at radius 3 is 2.48 bits per heavy atom. The molecule has 0 radical (unpaired) electrons. The molecule has 1 amide bonds. The molecule has 1 unspecified atom stereocenters. The van der Waals surface area contributed by atoms with Crippen LogP contribution in [0.15, 0.2) is 82.0 Å². The van der Waals surface area contributed by atoms with Gasteiger partial charge in [-0.3, -0.25) is 9.59 Å². The van der Waals surface area contributed by atoms with Gasteiger partial charge in [-0.2, -0.15) is 0 Å². The zero-order valence-electron chi connectivity index (χ0n) is 18.8. The predicted molar refractivity (Wildman–Crippen MR) is 129 cm³/mol. The van der Waals surface area contributed by atoms with Crippen LogP contribution < -0.4 is 20.2 Å². The van der Waals surface area contributed by atoms with Crippen LogP contribution in [-0.4, -0.2) is 19.1 Å². The Kier molecular flexibility index (Phi) is 6.45. The number of rotatable bonds is 7. The topological polar surface area (TPSA) is 77.8 Å². The Balaban J connectivity index is 1.75. The van der Waals surface area contributed by atoms with Gasteiger partial charge in [-0.05, 0) is 67.4 Å². The van der Waals surface area contributed by atoms with Crippen LogP contribution in [0.2, 0.25) is 0 Å². The number of aryl methyl sites for hydroxylation is 1. The van der Waals surface area contributed by atoms with Crippen LogP contribution in [0, 0.1) is 6.92 Å². The molecule has 168 valence electrons. The van der Waals surface area contributed by atoms with Crippen LogP contribution in [0.3, 0.4) is 0 Å². The van der Waals surface area contributed by atoms with Crippen LogP contribution in [0.4, 0.5) is 5.69 Å². The monoisotopic (exact) mass is 443 g/mol. The van der Waals surface area contributed by atoms with Gasteiger partial charge >= 0.3 is 0 Å². The Hall–Kier alpha value is -4.06. The van der Waals surface area contributed by atoms with Gasteiger partial charge in [0, 0.05) is 11.3 Å². The summed E-state index contributed by atoms with van der Waals surface area (Å²) >= 11 is 0. The van der Waals surface area contributed by atoms with Crippen molar-refractivity contribution in [3.8, 4) is 22.8 Å². The summed E-state index contributed by atoms with van der Waals surface area (Å²) in [7, 11) is 1.58. The van der Waals surface area contributed by atoms with Crippen LogP contribution in [0.1, 0.15) is 18.9 Å². The summed E-state index contributed by atoms with van der Waals surface area (Å²) in [6.07, 6.45) is -0.516. The molecule has 0 spiro atoms. The Labute approximate surface area is 191 Å². The van der Waals surface area contributed by atoms with Gasteiger partial charge < -0.3 is 19.2 Å². The number of hydrogen-bond donors (Lipinski definition) is 1. The SMILES string of the molecule is CCC(Oc1c(-c2ccc(OC)cc2)oc2ccccc2c1=O)C(=O)Nc1cccc(C)c1. The summed E-state index contributed by atoms with van der Waals surface area (Å²) in [4.78, 5) is 26.4. The number of fused-ring (bicyclic) bond motifs is 1. The molecule has 6 nitrogen and oxygen atoms in total. The van der Waals surface area contributed by atoms with E-state index in [9.17, 15) is 9.59 Å². The van der Waals surface area contributed by atoms with E-state index >= 15 is 0 Å². The molecule has 1 atom stereocenters. The molecule has 1 heterocycles. The largest absolute Gasteiger partial charge is 0.497 e. The molecule has 1 N–H and O–H groups in total. The molecule has 6 heteroatoms. The number of benzene rings is 3. The highest BCUT2D eigenvalue weighted by Gasteiger charge is 2.25. The zero-order valence-corrected chi connectivity index (χ0v) is 18.8. The average Bonchev–Trinajstić information content (AvgIpc) is 2.83. The summed E-state index contributed by atoms with van der Waals surface area (Å²) in [6, 6.07) is 21.6. The number of para-hydroxylation sites is 1. The van der Waals surface area contributed by atoms with Crippen LogP contribution in [-0.2, 0) is 4.79 Å². The second-order valence-corrected chi connectivity index (χ2v) is 7.69. The fourth-order valence-electron chi connectivity index (χ4n) is 3.57. The third kappa shape index (κ3) is 4.75. The molecular formula is C27H25NO5. The zero-order chi connectivity index (χ0) is 23.4. The predicted octanol–water partition coefficient (Wildman–Crippen LogP) is 5.57. The van der Waals surface area contributed by atoms with Gasteiger partial charge in [-0.25, -0.2) is 0 Å². The molecule has 1 aromatic heterocycles. The molecular weight excluding hydrogens is 418 g/mol. The van der Waals surface area contributed by atoms with E-state index in [4.69, 9.17) is 13.9 Å². The van der Waals surface area contributed by atoms with Crippen molar-refractivity contribution < 1.29 is 18.7 Å². The first-order chi connectivity index (χ1) is 16.0. The molecule has 0 aliphatic heterocycles. The third-order valence-electron chi connectivity index (χ3n) is 5.32. The Morgan fingerprint density at radius 1 is 1.03 bits per heavy atom. The summed E-state index contributed by atoms with van der Waals surface area (Å²) in [5, 5.41) is 3.26.